The van der Waals surface area contributed by atoms with E-state index in [0.29, 0.717) is 11.3 Å². The van der Waals surface area contributed by atoms with E-state index in [1.165, 1.54) is 13.1 Å². The first-order chi connectivity index (χ1) is 13.0. The summed E-state index contributed by atoms with van der Waals surface area (Å²) < 4.78 is 19.4. The minimum Gasteiger partial charge on any atom is -0.489 e. The van der Waals surface area contributed by atoms with Gasteiger partial charge in [0.25, 0.3) is 5.24 Å². The minimum atomic E-state index is -0.496. The number of nitrogens with zero attached hydrogens (tertiary/aromatic N) is 1. The number of thioether (sulfide) groups is 1. The Morgan fingerprint density at radius 1 is 1.04 bits per heavy atom. The second-order valence-corrected chi connectivity index (χ2v) is 7.37. The number of amides is 2. The molecule has 4 rings (SSSR count). The number of rotatable bonds is 4. The van der Waals surface area contributed by atoms with E-state index in [2.05, 4.69) is 0 Å². The first kappa shape index (κ1) is 20.9. The van der Waals surface area contributed by atoms with Gasteiger partial charge in [0.05, 0.1) is 0 Å². The zero-order valence-electron chi connectivity index (χ0n) is 15.5. The molecule has 0 aromatic heterocycles. The number of carbonyl (C=O) groups is 2. The smallest absolute Gasteiger partial charge is 0.289 e. The van der Waals surface area contributed by atoms with Crippen LogP contribution in [0.25, 0.3) is 10.8 Å². The second-order valence-electron chi connectivity index (χ2n) is 6.31. The van der Waals surface area contributed by atoms with E-state index in [1.54, 1.807) is 18.2 Å². The molecule has 2 amide bonds. The molecule has 1 unspecified atom stereocenters. The maximum absolute atomic E-state index is 13.7. The molecule has 1 aliphatic heterocycles. The van der Waals surface area contributed by atoms with E-state index in [-0.39, 0.29) is 53.1 Å². The van der Waals surface area contributed by atoms with E-state index >= 15 is 0 Å². The van der Waals surface area contributed by atoms with E-state index in [0.717, 1.165) is 33.0 Å². The molecular weight excluding hydrogens is 388 g/mol. The van der Waals surface area contributed by atoms with Gasteiger partial charge < -0.3 is 4.74 Å². The van der Waals surface area contributed by atoms with Crippen LogP contribution < -0.4 is 4.74 Å². The number of halogens is 1. The number of carbonyl (C=O) groups excluding carboxylic acids is 2. The zero-order chi connectivity index (χ0) is 19.0. The first-order valence-electron chi connectivity index (χ1n) is 8.41. The van der Waals surface area contributed by atoms with Crippen LogP contribution in [0.1, 0.15) is 16.4 Å². The fourth-order valence-electron chi connectivity index (χ4n) is 2.98. The van der Waals surface area contributed by atoms with Crippen molar-refractivity contribution in [2.75, 3.05) is 7.05 Å². The molecule has 0 bridgehead atoms. The molecular formula is C21H16FNNaO3S. The van der Waals surface area contributed by atoms with Crippen molar-refractivity contribution >= 4 is 63.2 Å². The number of ether oxygens (including phenoxy) is 1. The standard InChI is InChI=1S/C21H16FNO3S.Na/c1-23-20(24)19(27-21(23)25)15-7-6-14-11-17(9-8-13(14)10-15)26-12-16-4-2-3-5-18(16)22;/h2-11,19H,12H2,1H3;. The second kappa shape index (κ2) is 8.66. The van der Waals surface area contributed by atoms with Crippen LogP contribution in [0.3, 0.4) is 0 Å². The van der Waals surface area contributed by atoms with Crippen LogP contribution in [-0.4, -0.2) is 52.7 Å². The molecule has 137 valence electrons. The molecule has 1 aliphatic rings. The third-order valence-corrected chi connectivity index (χ3v) is 5.72. The molecule has 28 heavy (non-hydrogen) atoms. The number of fused-ring (bicyclic) bond motifs is 1. The van der Waals surface area contributed by atoms with Gasteiger partial charge in [0.2, 0.25) is 5.91 Å². The van der Waals surface area contributed by atoms with Gasteiger partial charge in [-0.3, -0.25) is 14.5 Å². The Morgan fingerprint density at radius 2 is 1.75 bits per heavy atom. The molecule has 1 saturated heterocycles. The first-order valence-corrected chi connectivity index (χ1v) is 9.29. The molecule has 0 aliphatic carbocycles. The summed E-state index contributed by atoms with van der Waals surface area (Å²) in [6, 6.07) is 17.8. The molecule has 0 saturated carbocycles. The average Bonchev–Trinajstić information content (AvgIpc) is 2.94. The number of hydrogen-bond donors (Lipinski definition) is 0. The minimum absolute atomic E-state index is 0. The summed E-state index contributed by atoms with van der Waals surface area (Å²) in [4.78, 5) is 25.1. The zero-order valence-corrected chi connectivity index (χ0v) is 18.3. The van der Waals surface area contributed by atoms with Crippen LogP contribution in [0, 0.1) is 5.82 Å². The molecule has 7 heteroatoms. The molecule has 0 spiro atoms. The molecule has 3 aromatic carbocycles. The van der Waals surface area contributed by atoms with Crippen molar-refractivity contribution in [2.45, 2.75) is 11.9 Å². The Labute approximate surface area is 188 Å². The summed E-state index contributed by atoms with van der Waals surface area (Å²) in [7, 11) is 1.50. The van der Waals surface area contributed by atoms with Gasteiger partial charge in [0.1, 0.15) is 23.4 Å². The van der Waals surface area contributed by atoms with Gasteiger partial charge in [0.15, 0.2) is 0 Å². The van der Waals surface area contributed by atoms with Gasteiger partial charge >= 0.3 is 0 Å². The summed E-state index contributed by atoms with van der Waals surface area (Å²) in [5, 5.41) is 1.16. The molecule has 1 heterocycles. The predicted molar refractivity (Wildman–Crippen MR) is 109 cm³/mol. The third-order valence-electron chi connectivity index (χ3n) is 4.54. The van der Waals surface area contributed by atoms with Crippen molar-refractivity contribution in [3.05, 3.63) is 77.6 Å². The van der Waals surface area contributed by atoms with Crippen LogP contribution in [-0.2, 0) is 11.4 Å². The maximum Gasteiger partial charge on any atom is 0.289 e. The van der Waals surface area contributed by atoms with Gasteiger partial charge in [0, 0.05) is 42.2 Å². The van der Waals surface area contributed by atoms with Crippen LogP contribution >= 0.6 is 11.8 Å². The summed E-state index contributed by atoms with van der Waals surface area (Å²) in [5.41, 5.74) is 1.30. The molecule has 4 nitrogen and oxygen atoms in total. The Balaban J connectivity index is 0.00000225. The Kier molecular flexibility index (Phi) is 6.45. The Morgan fingerprint density at radius 3 is 2.46 bits per heavy atom. The maximum atomic E-state index is 13.7. The Hall–Kier alpha value is -1.86. The van der Waals surface area contributed by atoms with Crippen molar-refractivity contribution in [3.8, 4) is 5.75 Å². The van der Waals surface area contributed by atoms with Crippen LogP contribution in [0.4, 0.5) is 9.18 Å². The number of benzene rings is 3. The van der Waals surface area contributed by atoms with Gasteiger partial charge in [-0.15, -0.1) is 0 Å². The van der Waals surface area contributed by atoms with Crippen molar-refractivity contribution < 1.29 is 18.7 Å². The quantitative estimate of drug-likeness (QED) is 0.599. The van der Waals surface area contributed by atoms with Gasteiger partial charge in [-0.1, -0.05) is 36.4 Å². The average molecular weight is 404 g/mol. The fraction of sp³-hybridized carbons (Fsp3) is 0.143. The Bertz CT molecular complexity index is 1060. The number of imide groups is 1. The van der Waals surface area contributed by atoms with Crippen LogP contribution in [0.2, 0.25) is 0 Å². The van der Waals surface area contributed by atoms with E-state index < -0.39 is 5.25 Å². The molecule has 3 aromatic rings. The molecule has 0 N–H and O–H groups in total. The van der Waals surface area contributed by atoms with Gasteiger partial charge in [-0.05, 0) is 52.4 Å². The predicted octanol–water partition coefficient (Wildman–Crippen LogP) is 4.54. The summed E-state index contributed by atoms with van der Waals surface area (Å²) in [6.45, 7) is 0.151. The third kappa shape index (κ3) is 4.10. The van der Waals surface area contributed by atoms with Crippen molar-refractivity contribution in [1.82, 2.24) is 4.90 Å². The topological polar surface area (TPSA) is 46.6 Å². The summed E-state index contributed by atoms with van der Waals surface area (Å²) in [6.07, 6.45) is 0. The summed E-state index contributed by atoms with van der Waals surface area (Å²) >= 11 is 1.03. The van der Waals surface area contributed by atoms with Gasteiger partial charge in [-0.2, -0.15) is 0 Å². The number of likely N-dealkylation sites (N-methyl/N-ethyl adjacent to an activating group) is 1. The van der Waals surface area contributed by atoms with E-state index in [1.807, 2.05) is 36.4 Å². The molecule has 1 atom stereocenters. The largest absolute Gasteiger partial charge is 0.489 e. The van der Waals surface area contributed by atoms with Crippen LogP contribution in [0.5, 0.6) is 5.75 Å². The van der Waals surface area contributed by atoms with Crippen molar-refractivity contribution in [3.63, 3.8) is 0 Å². The normalized spacial score (nSPS) is 16.4. The fourth-order valence-corrected chi connectivity index (χ4v) is 3.97. The molecule has 1 radical (unpaired) electrons. The van der Waals surface area contributed by atoms with Gasteiger partial charge in [-0.25, -0.2) is 4.39 Å². The summed E-state index contributed by atoms with van der Waals surface area (Å²) in [5.74, 6) is 0.148. The van der Waals surface area contributed by atoms with Crippen LogP contribution in [0.15, 0.2) is 60.7 Å². The van der Waals surface area contributed by atoms with Crippen molar-refractivity contribution in [2.24, 2.45) is 0 Å². The monoisotopic (exact) mass is 404 g/mol. The van der Waals surface area contributed by atoms with Crippen molar-refractivity contribution in [1.29, 1.82) is 0 Å². The SMILES string of the molecule is CN1C(=O)SC(c2ccc3cc(OCc4ccccc4F)ccc3c2)C1=O.[Na]. The van der Waals surface area contributed by atoms with E-state index in [4.69, 9.17) is 4.74 Å². The molecule has 1 fully saturated rings. The van der Waals surface area contributed by atoms with E-state index in [9.17, 15) is 14.0 Å². The number of hydrogen-bond acceptors (Lipinski definition) is 4.